The third kappa shape index (κ3) is 4.29. The summed E-state index contributed by atoms with van der Waals surface area (Å²) in [5.74, 6) is 0.760. The number of carbonyl (C=O) groups is 1. The van der Waals surface area contributed by atoms with Crippen LogP contribution in [0.15, 0.2) is 55.1 Å². The smallest absolute Gasteiger partial charge is 0.244 e. The van der Waals surface area contributed by atoms with E-state index in [2.05, 4.69) is 20.4 Å². The molecular formula is C27H25ClFN7O. The lowest BCUT2D eigenvalue weighted by Gasteiger charge is -2.24. The molecule has 4 aromatic heterocycles. The van der Waals surface area contributed by atoms with E-state index in [1.54, 1.807) is 29.3 Å². The molecule has 0 bridgehead atoms. The van der Waals surface area contributed by atoms with Crippen molar-refractivity contribution in [2.45, 2.75) is 39.4 Å². The van der Waals surface area contributed by atoms with Gasteiger partial charge in [-0.05, 0) is 43.5 Å². The Labute approximate surface area is 217 Å². The standard InChI is InChI=1S/C27H25ClFN7O/c1-16(2)35-8-5-20-11-24(33-36(20)15-25(35)37)32-23-10-18-9-19(27(29)26(28)21(18)12-31-23)14-34-7-4-17-3-6-30-13-22(17)34/h3-4,6-7,9-13,16H,5,8,14-15H2,1-2H3,(H,31,32,33). The summed E-state index contributed by atoms with van der Waals surface area (Å²) in [6.07, 6.45) is 7.70. The van der Waals surface area contributed by atoms with E-state index in [0.29, 0.717) is 35.7 Å². The summed E-state index contributed by atoms with van der Waals surface area (Å²) in [7, 11) is 0. The summed E-state index contributed by atoms with van der Waals surface area (Å²) in [5.41, 5.74) is 2.38. The average Bonchev–Trinajstić information content (AvgIpc) is 3.41. The zero-order valence-electron chi connectivity index (χ0n) is 20.4. The number of hydrogen-bond donors (Lipinski definition) is 1. The summed E-state index contributed by atoms with van der Waals surface area (Å²) in [6, 6.07) is 9.63. The number of nitrogens with zero attached hydrogens (tertiary/aromatic N) is 6. The maximum Gasteiger partial charge on any atom is 0.244 e. The first-order chi connectivity index (χ1) is 17.9. The molecule has 8 nitrogen and oxygen atoms in total. The fourth-order valence-corrected chi connectivity index (χ4v) is 5.21. The highest BCUT2D eigenvalue weighted by molar-refractivity contribution is 6.35. The summed E-state index contributed by atoms with van der Waals surface area (Å²) < 4.78 is 18.9. The fourth-order valence-electron chi connectivity index (χ4n) is 4.93. The third-order valence-electron chi connectivity index (χ3n) is 6.85. The Morgan fingerprint density at radius 3 is 2.84 bits per heavy atom. The number of anilines is 2. The van der Waals surface area contributed by atoms with Crippen LogP contribution < -0.4 is 5.32 Å². The van der Waals surface area contributed by atoms with E-state index >= 15 is 4.39 Å². The number of carbonyl (C=O) groups excluding carboxylic acids is 1. The van der Waals surface area contributed by atoms with Gasteiger partial charge in [0.15, 0.2) is 5.82 Å². The number of amides is 1. The first-order valence-electron chi connectivity index (χ1n) is 12.2. The van der Waals surface area contributed by atoms with Gasteiger partial charge >= 0.3 is 0 Å². The van der Waals surface area contributed by atoms with E-state index in [0.717, 1.165) is 28.4 Å². The highest BCUT2D eigenvalue weighted by Gasteiger charge is 2.24. The maximum absolute atomic E-state index is 15.2. The van der Waals surface area contributed by atoms with Gasteiger partial charge < -0.3 is 14.8 Å². The second-order valence-corrected chi connectivity index (χ2v) is 9.94. The Hall–Kier alpha value is -3.98. The molecule has 0 saturated heterocycles. The van der Waals surface area contributed by atoms with E-state index in [1.165, 1.54) is 0 Å². The minimum absolute atomic E-state index is 0.0445. The molecule has 188 valence electrons. The normalized spacial score (nSPS) is 14.0. The molecule has 0 spiro atoms. The van der Waals surface area contributed by atoms with Gasteiger partial charge in [-0.3, -0.25) is 14.5 Å². The summed E-state index contributed by atoms with van der Waals surface area (Å²) in [5, 5.41) is 10.2. The zero-order valence-corrected chi connectivity index (χ0v) is 21.2. The van der Waals surface area contributed by atoms with Crippen LogP contribution >= 0.6 is 11.6 Å². The van der Waals surface area contributed by atoms with Crippen molar-refractivity contribution in [1.29, 1.82) is 0 Å². The number of rotatable bonds is 5. The molecule has 0 radical (unpaired) electrons. The zero-order chi connectivity index (χ0) is 25.7. The first-order valence-corrected chi connectivity index (χ1v) is 12.5. The van der Waals surface area contributed by atoms with Gasteiger partial charge in [-0.25, -0.2) is 9.37 Å². The molecule has 1 N–H and O–H groups in total. The molecule has 0 atom stereocenters. The Balaban J connectivity index is 1.28. The lowest BCUT2D eigenvalue weighted by atomic mass is 10.1. The molecule has 5 aromatic rings. The predicted molar refractivity (Wildman–Crippen MR) is 142 cm³/mol. The van der Waals surface area contributed by atoms with Crippen LogP contribution in [0.25, 0.3) is 21.7 Å². The van der Waals surface area contributed by atoms with Crippen LogP contribution in [0, 0.1) is 5.82 Å². The van der Waals surface area contributed by atoms with E-state index in [9.17, 15) is 4.79 Å². The Morgan fingerprint density at radius 2 is 2.00 bits per heavy atom. The van der Waals surface area contributed by atoms with Crippen LogP contribution in [-0.4, -0.2) is 47.7 Å². The topological polar surface area (TPSA) is 80.9 Å². The molecule has 0 saturated carbocycles. The molecule has 1 aromatic carbocycles. The number of pyridine rings is 2. The van der Waals surface area contributed by atoms with Gasteiger partial charge in [-0.2, -0.15) is 5.10 Å². The summed E-state index contributed by atoms with van der Waals surface area (Å²) in [4.78, 5) is 23.1. The average molecular weight is 518 g/mol. The number of fused-ring (bicyclic) bond motifs is 3. The van der Waals surface area contributed by atoms with Crippen molar-refractivity contribution in [2.75, 3.05) is 11.9 Å². The Kier molecular flexibility index (Phi) is 5.79. The first kappa shape index (κ1) is 23.4. The van der Waals surface area contributed by atoms with Crippen molar-refractivity contribution in [1.82, 2.24) is 29.2 Å². The maximum atomic E-state index is 15.2. The summed E-state index contributed by atoms with van der Waals surface area (Å²) in [6.45, 7) is 5.23. The second kappa shape index (κ2) is 9.15. The van der Waals surface area contributed by atoms with E-state index in [1.807, 2.05) is 53.8 Å². The molecular weight excluding hydrogens is 493 g/mol. The minimum atomic E-state index is -0.458. The van der Waals surface area contributed by atoms with Crippen molar-refractivity contribution in [2.24, 2.45) is 0 Å². The Morgan fingerprint density at radius 1 is 1.14 bits per heavy atom. The largest absolute Gasteiger partial charge is 0.342 e. The lowest BCUT2D eigenvalue weighted by Crippen LogP contribution is -2.38. The van der Waals surface area contributed by atoms with Gasteiger partial charge in [0.05, 0.1) is 23.3 Å². The van der Waals surface area contributed by atoms with Crippen molar-refractivity contribution in [3.05, 3.63) is 77.2 Å². The van der Waals surface area contributed by atoms with E-state index in [4.69, 9.17) is 11.6 Å². The monoisotopic (exact) mass is 517 g/mol. The molecule has 1 amide bonds. The van der Waals surface area contributed by atoms with Crippen LogP contribution in [0.3, 0.4) is 0 Å². The molecule has 6 rings (SSSR count). The predicted octanol–water partition coefficient (Wildman–Crippen LogP) is 5.16. The van der Waals surface area contributed by atoms with E-state index < -0.39 is 5.82 Å². The van der Waals surface area contributed by atoms with Gasteiger partial charge in [0, 0.05) is 65.7 Å². The number of halogens is 2. The van der Waals surface area contributed by atoms with Gasteiger partial charge in [0.1, 0.15) is 18.2 Å². The molecule has 1 aliphatic rings. The molecule has 37 heavy (non-hydrogen) atoms. The number of nitrogens with one attached hydrogen (secondary N) is 1. The minimum Gasteiger partial charge on any atom is -0.342 e. The van der Waals surface area contributed by atoms with Crippen LogP contribution in [0.1, 0.15) is 25.1 Å². The number of hydrogen-bond acceptors (Lipinski definition) is 5. The van der Waals surface area contributed by atoms with Crippen LogP contribution in [0.5, 0.6) is 0 Å². The highest BCUT2D eigenvalue weighted by atomic mass is 35.5. The lowest BCUT2D eigenvalue weighted by molar-refractivity contribution is -0.133. The van der Waals surface area contributed by atoms with Crippen LogP contribution in [-0.2, 0) is 24.3 Å². The number of aromatic nitrogens is 5. The Bertz CT molecular complexity index is 1660. The SMILES string of the molecule is CC(C)N1CCc2cc(Nc3cc4cc(Cn5ccc6ccncc65)c(F)c(Cl)c4cn3)nn2CC1=O. The molecule has 0 unspecified atom stereocenters. The van der Waals surface area contributed by atoms with Crippen molar-refractivity contribution in [3.8, 4) is 0 Å². The quantitative estimate of drug-likeness (QED) is 0.348. The molecule has 5 heterocycles. The van der Waals surface area contributed by atoms with Gasteiger partial charge in [0.25, 0.3) is 0 Å². The van der Waals surface area contributed by atoms with Crippen molar-refractivity contribution < 1.29 is 9.18 Å². The number of benzene rings is 1. The van der Waals surface area contributed by atoms with Crippen LogP contribution in [0.2, 0.25) is 5.02 Å². The van der Waals surface area contributed by atoms with E-state index in [-0.39, 0.29) is 23.5 Å². The van der Waals surface area contributed by atoms with Crippen LogP contribution in [0.4, 0.5) is 16.0 Å². The third-order valence-corrected chi connectivity index (χ3v) is 7.22. The molecule has 0 aliphatic carbocycles. The molecule has 1 aliphatic heterocycles. The van der Waals surface area contributed by atoms with Gasteiger partial charge in [-0.1, -0.05) is 11.6 Å². The van der Waals surface area contributed by atoms with Crippen molar-refractivity contribution >= 4 is 50.8 Å². The van der Waals surface area contributed by atoms with Gasteiger partial charge in [0.2, 0.25) is 5.91 Å². The fraction of sp³-hybridized carbons (Fsp3) is 0.259. The highest BCUT2D eigenvalue weighted by Crippen LogP contribution is 2.32. The second-order valence-electron chi connectivity index (χ2n) is 9.57. The van der Waals surface area contributed by atoms with Gasteiger partial charge in [-0.15, -0.1) is 0 Å². The van der Waals surface area contributed by atoms with Crippen molar-refractivity contribution in [3.63, 3.8) is 0 Å². The molecule has 0 fully saturated rings. The molecule has 10 heteroatoms. The summed E-state index contributed by atoms with van der Waals surface area (Å²) >= 11 is 6.43.